The molecule has 0 amide bonds. The number of hydrogen-bond acceptors (Lipinski definition) is 1. The van der Waals surface area contributed by atoms with Crippen molar-refractivity contribution in [3.63, 3.8) is 0 Å². The van der Waals surface area contributed by atoms with E-state index in [1.165, 1.54) is 0 Å². The molecular formula is C6H10N3+. The molecule has 0 atom stereocenters. The van der Waals surface area contributed by atoms with Crippen LogP contribution < -0.4 is 4.57 Å². The summed E-state index contributed by atoms with van der Waals surface area (Å²) >= 11 is 0. The van der Waals surface area contributed by atoms with E-state index in [4.69, 9.17) is 0 Å². The van der Waals surface area contributed by atoms with E-state index < -0.39 is 0 Å². The van der Waals surface area contributed by atoms with Crippen molar-refractivity contribution in [3.8, 4) is 0 Å². The zero-order valence-electron chi connectivity index (χ0n) is 5.49. The molecule has 0 aliphatic heterocycles. The summed E-state index contributed by atoms with van der Waals surface area (Å²) in [6, 6.07) is 0. The second kappa shape index (κ2) is 2.44. The molecule has 0 saturated heterocycles. The Morgan fingerprint density at radius 2 is 2.67 bits per heavy atom. The maximum absolute atomic E-state index is 3.97. The first-order valence-corrected chi connectivity index (χ1v) is 2.81. The van der Waals surface area contributed by atoms with E-state index in [0.717, 1.165) is 6.54 Å². The van der Waals surface area contributed by atoms with Crippen LogP contribution in [0.2, 0.25) is 0 Å². The fourth-order valence-electron chi connectivity index (χ4n) is 0.665. The molecule has 3 nitrogen and oxygen atoms in total. The molecule has 1 aromatic heterocycles. The molecule has 0 aromatic carbocycles. The molecule has 0 spiro atoms. The summed E-state index contributed by atoms with van der Waals surface area (Å²) in [4.78, 5) is 0. The van der Waals surface area contributed by atoms with Gasteiger partial charge in [-0.2, -0.15) is 0 Å². The first-order valence-electron chi connectivity index (χ1n) is 2.81. The number of allylic oxidation sites excluding steroid dienone is 1. The van der Waals surface area contributed by atoms with Gasteiger partial charge in [0, 0.05) is 5.10 Å². The predicted molar refractivity (Wildman–Crippen MR) is 33.6 cm³/mol. The monoisotopic (exact) mass is 124 g/mol. The fraction of sp³-hybridized carbons (Fsp3) is 0.333. The van der Waals surface area contributed by atoms with E-state index in [1.54, 1.807) is 11.0 Å². The van der Waals surface area contributed by atoms with E-state index in [1.807, 2.05) is 24.0 Å². The largest absolute Gasteiger partial charge is 0.265 e. The molecule has 0 aliphatic rings. The van der Waals surface area contributed by atoms with Crippen LogP contribution in [0, 0.1) is 0 Å². The summed E-state index contributed by atoms with van der Waals surface area (Å²) in [7, 11) is 1.89. The lowest BCUT2D eigenvalue weighted by atomic mass is 10.6. The highest BCUT2D eigenvalue weighted by molar-refractivity contribution is 4.57. The van der Waals surface area contributed by atoms with Crippen LogP contribution in [0.5, 0.6) is 0 Å². The Morgan fingerprint density at radius 1 is 1.89 bits per heavy atom. The summed E-state index contributed by atoms with van der Waals surface area (Å²) in [5.41, 5.74) is 0. The van der Waals surface area contributed by atoms with Crippen molar-refractivity contribution in [1.82, 2.24) is 9.78 Å². The standard InChI is InChI=1S/C6H10N3/c1-3-4-9-5-7-8(2)6-9/h3,5-6H,1,4H2,2H3/q+1. The number of hydrogen-bond donors (Lipinski definition) is 0. The van der Waals surface area contributed by atoms with Gasteiger partial charge in [0.15, 0.2) is 0 Å². The third kappa shape index (κ3) is 1.38. The highest BCUT2D eigenvalue weighted by atomic mass is 15.3. The van der Waals surface area contributed by atoms with Crippen LogP contribution in [0.25, 0.3) is 0 Å². The molecule has 9 heavy (non-hydrogen) atoms. The van der Waals surface area contributed by atoms with Gasteiger partial charge < -0.3 is 0 Å². The van der Waals surface area contributed by atoms with Crippen LogP contribution in [0.1, 0.15) is 0 Å². The van der Waals surface area contributed by atoms with Crippen molar-refractivity contribution in [1.29, 1.82) is 0 Å². The zero-order chi connectivity index (χ0) is 6.69. The van der Waals surface area contributed by atoms with Crippen molar-refractivity contribution in [2.45, 2.75) is 6.54 Å². The lowest BCUT2D eigenvalue weighted by Crippen LogP contribution is -2.29. The van der Waals surface area contributed by atoms with Crippen LogP contribution in [0.3, 0.4) is 0 Å². The van der Waals surface area contributed by atoms with Crippen molar-refractivity contribution < 1.29 is 4.57 Å². The van der Waals surface area contributed by atoms with Crippen LogP contribution in [-0.4, -0.2) is 9.78 Å². The molecule has 0 saturated carbocycles. The lowest BCUT2D eigenvalue weighted by Gasteiger charge is -1.82. The molecule has 1 aromatic rings. The molecule has 0 fully saturated rings. The van der Waals surface area contributed by atoms with Crippen LogP contribution in [-0.2, 0) is 13.6 Å². The SMILES string of the molecule is C=CC[n+]1cnn(C)c1. The zero-order valence-corrected chi connectivity index (χ0v) is 5.49. The first kappa shape index (κ1) is 6.01. The van der Waals surface area contributed by atoms with Gasteiger partial charge in [0.25, 0.3) is 6.33 Å². The van der Waals surface area contributed by atoms with E-state index in [2.05, 4.69) is 11.7 Å². The molecule has 1 rings (SSSR count). The lowest BCUT2D eigenvalue weighted by molar-refractivity contribution is -0.687. The van der Waals surface area contributed by atoms with Gasteiger partial charge in [-0.05, 0) is 0 Å². The Balaban J connectivity index is 2.72. The average molecular weight is 124 g/mol. The summed E-state index contributed by atoms with van der Waals surface area (Å²) in [6.07, 6.45) is 5.50. The van der Waals surface area contributed by atoms with Gasteiger partial charge >= 0.3 is 0 Å². The van der Waals surface area contributed by atoms with Gasteiger partial charge in [0.05, 0.1) is 13.6 Å². The topological polar surface area (TPSA) is 21.7 Å². The minimum atomic E-state index is 0.827. The molecule has 0 N–H and O–H groups in total. The molecule has 0 unspecified atom stereocenters. The van der Waals surface area contributed by atoms with E-state index >= 15 is 0 Å². The number of nitrogens with zero attached hydrogens (tertiary/aromatic N) is 3. The average Bonchev–Trinajstić information content (AvgIpc) is 2.17. The summed E-state index contributed by atoms with van der Waals surface area (Å²) < 4.78 is 3.70. The molecule has 48 valence electrons. The fourth-order valence-corrected chi connectivity index (χ4v) is 0.665. The normalized spacial score (nSPS) is 9.44. The van der Waals surface area contributed by atoms with Crippen molar-refractivity contribution >= 4 is 0 Å². The number of aromatic nitrogens is 3. The third-order valence-electron chi connectivity index (χ3n) is 1.04. The maximum Gasteiger partial charge on any atom is 0.265 e. The molecule has 3 heteroatoms. The summed E-state index contributed by atoms with van der Waals surface area (Å²) in [5, 5.41) is 3.97. The van der Waals surface area contributed by atoms with Crippen molar-refractivity contribution in [2.24, 2.45) is 7.05 Å². The Hall–Kier alpha value is -1.12. The minimum Gasteiger partial charge on any atom is -0.234 e. The Labute approximate surface area is 54.2 Å². The maximum atomic E-state index is 3.97. The van der Waals surface area contributed by atoms with Gasteiger partial charge in [0.2, 0.25) is 6.33 Å². The Morgan fingerprint density at radius 3 is 3.11 bits per heavy atom. The van der Waals surface area contributed by atoms with Gasteiger partial charge in [-0.1, -0.05) is 12.7 Å². The van der Waals surface area contributed by atoms with E-state index in [9.17, 15) is 0 Å². The van der Waals surface area contributed by atoms with Crippen LogP contribution in [0.15, 0.2) is 25.3 Å². The molecule has 0 bridgehead atoms. The smallest absolute Gasteiger partial charge is 0.234 e. The second-order valence-corrected chi connectivity index (χ2v) is 1.91. The highest BCUT2D eigenvalue weighted by Gasteiger charge is 1.95. The number of aryl methyl sites for hydroxylation is 1. The quantitative estimate of drug-likeness (QED) is 0.398. The highest BCUT2D eigenvalue weighted by Crippen LogP contribution is 1.69. The predicted octanol–water partition coefficient (Wildman–Crippen LogP) is -0.106. The summed E-state index contributed by atoms with van der Waals surface area (Å²) in [6.45, 7) is 4.43. The van der Waals surface area contributed by atoms with Gasteiger partial charge in [-0.15, -0.1) is 4.68 Å². The van der Waals surface area contributed by atoms with E-state index in [-0.39, 0.29) is 0 Å². The molecular weight excluding hydrogens is 114 g/mol. The number of rotatable bonds is 2. The van der Waals surface area contributed by atoms with Gasteiger partial charge in [0.1, 0.15) is 0 Å². The third-order valence-corrected chi connectivity index (χ3v) is 1.04. The molecule has 0 aliphatic carbocycles. The molecule has 1 heterocycles. The first-order chi connectivity index (χ1) is 4.33. The van der Waals surface area contributed by atoms with E-state index in [0.29, 0.717) is 0 Å². The van der Waals surface area contributed by atoms with Crippen LogP contribution in [0.4, 0.5) is 0 Å². The Bertz CT molecular complexity index is 202. The second-order valence-electron chi connectivity index (χ2n) is 1.91. The summed E-state index contributed by atoms with van der Waals surface area (Å²) in [5.74, 6) is 0. The van der Waals surface area contributed by atoms with Crippen LogP contribution >= 0.6 is 0 Å². The Kier molecular flexibility index (Phi) is 1.63. The van der Waals surface area contributed by atoms with Crippen molar-refractivity contribution in [3.05, 3.63) is 25.3 Å². The van der Waals surface area contributed by atoms with Crippen molar-refractivity contribution in [2.75, 3.05) is 0 Å². The van der Waals surface area contributed by atoms with Gasteiger partial charge in [-0.3, -0.25) is 0 Å². The molecule has 0 radical (unpaired) electrons. The minimum absolute atomic E-state index is 0.827. The van der Waals surface area contributed by atoms with Gasteiger partial charge in [-0.25, -0.2) is 4.57 Å².